The summed E-state index contributed by atoms with van der Waals surface area (Å²) >= 11 is 0. The van der Waals surface area contributed by atoms with Crippen LogP contribution in [0.2, 0.25) is 0 Å². The zero-order valence-corrected chi connectivity index (χ0v) is 17.5. The summed E-state index contributed by atoms with van der Waals surface area (Å²) in [7, 11) is 0. The van der Waals surface area contributed by atoms with Gasteiger partial charge in [-0.2, -0.15) is 0 Å². The van der Waals surface area contributed by atoms with Gasteiger partial charge >= 0.3 is 5.69 Å². The maximum Gasteiger partial charge on any atom is 0.329 e. The van der Waals surface area contributed by atoms with Crippen molar-refractivity contribution in [2.45, 2.75) is 33.4 Å². The summed E-state index contributed by atoms with van der Waals surface area (Å²) in [4.78, 5) is 45.9. The van der Waals surface area contributed by atoms with Gasteiger partial charge < -0.3 is 14.4 Å². The molecule has 0 saturated heterocycles. The van der Waals surface area contributed by atoms with Crippen molar-refractivity contribution in [3.63, 3.8) is 0 Å². The van der Waals surface area contributed by atoms with E-state index < -0.39 is 11.2 Å². The molecule has 0 spiro atoms. The Balaban J connectivity index is 1.68. The molecule has 3 heterocycles. The molecule has 9 nitrogen and oxygen atoms in total. The average molecular weight is 424 g/mol. The minimum Gasteiger partial charge on any atom is -0.486 e. The van der Waals surface area contributed by atoms with E-state index in [1.54, 1.807) is 4.90 Å². The smallest absolute Gasteiger partial charge is 0.329 e. The molecule has 9 heteroatoms. The second kappa shape index (κ2) is 8.63. The van der Waals surface area contributed by atoms with Crippen LogP contribution >= 0.6 is 0 Å². The van der Waals surface area contributed by atoms with Gasteiger partial charge in [-0.25, -0.2) is 9.78 Å². The monoisotopic (exact) mass is 424 g/mol. The number of nitrogens with one attached hydrogen (secondary N) is 1. The summed E-state index contributed by atoms with van der Waals surface area (Å²) in [5.74, 6) is 1.05. The average Bonchev–Trinajstić information content (AvgIpc) is 2.79. The molecule has 2 aromatic heterocycles. The van der Waals surface area contributed by atoms with Crippen LogP contribution in [0.3, 0.4) is 0 Å². The molecule has 1 N–H and O–H groups in total. The zero-order chi connectivity index (χ0) is 22.0. The molecule has 0 aliphatic carbocycles. The maximum atomic E-state index is 13.2. The maximum absolute atomic E-state index is 13.2. The number of para-hydroxylation sites is 1. The van der Waals surface area contributed by atoms with E-state index in [0.29, 0.717) is 50.8 Å². The lowest BCUT2D eigenvalue weighted by molar-refractivity contribution is 0.0749. The van der Waals surface area contributed by atoms with Crippen molar-refractivity contribution in [1.29, 1.82) is 0 Å². The van der Waals surface area contributed by atoms with E-state index in [2.05, 4.69) is 9.97 Å². The third-order valence-corrected chi connectivity index (χ3v) is 5.20. The first-order chi connectivity index (χ1) is 15.0. The fourth-order valence-corrected chi connectivity index (χ4v) is 3.69. The van der Waals surface area contributed by atoms with Crippen molar-refractivity contribution in [2.75, 3.05) is 19.8 Å². The predicted molar refractivity (Wildman–Crippen MR) is 115 cm³/mol. The number of carbonyl (C=O) groups is 1. The molecule has 1 aliphatic heterocycles. The number of hydrogen-bond acceptors (Lipinski definition) is 6. The van der Waals surface area contributed by atoms with E-state index in [9.17, 15) is 14.4 Å². The lowest BCUT2D eigenvalue weighted by Gasteiger charge is -2.25. The number of aromatic nitrogens is 3. The van der Waals surface area contributed by atoms with Crippen molar-refractivity contribution in [3.05, 3.63) is 62.4 Å². The van der Waals surface area contributed by atoms with E-state index in [1.165, 1.54) is 16.8 Å². The second-order valence-corrected chi connectivity index (χ2v) is 7.27. The van der Waals surface area contributed by atoms with E-state index in [1.807, 2.05) is 32.0 Å². The highest BCUT2D eigenvalue weighted by Crippen LogP contribution is 2.34. The van der Waals surface area contributed by atoms with Gasteiger partial charge in [-0.05, 0) is 25.5 Å². The second-order valence-electron chi connectivity index (χ2n) is 7.27. The molecular weight excluding hydrogens is 400 g/mol. The van der Waals surface area contributed by atoms with Gasteiger partial charge in [-0.3, -0.25) is 19.1 Å². The third kappa shape index (κ3) is 3.90. The molecule has 0 saturated carbocycles. The summed E-state index contributed by atoms with van der Waals surface area (Å²) in [6.45, 7) is 5.96. The van der Waals surface area contributed by atoms with Crippen LogP contribution in [-0.4, -0.2) is 45.1 Å². The number of benzene rings is 1. The van der Waals surface area contributed by atoms with E-state index in [4.69, 9.17) is 9.47 Å². The van der Waals surface area contributed by atoms with E-state index in [-0.39, 0.29) is 22.5 Å². The molecule has 1 aromatic carbocycles. The van der Waals surface area contributed by atoms with Crippen LogP contribution in [-0.2, 0) is 13.1 Å². The third-order valence-electron chi connectivity index (χ3n) is 5.20. The number of amides is 1. The molecule has 31 heavy (non-hydrogen) atoms. The number of carbonyl (C=O) groups excluding carboxylic acids is 1. The lowest BCUT2D eigenvalue weighted by Crippen LogP contribution is -2.33. The van der Waals surface area contributed by atoms with Gasteiger partial charge in [-0.15, -0.1) is 0 Å². The number of fused-ring (bicyclic) bond motifs is 2. The Kier molecular flexibility index (Phi) is 5.75. The molecule has 0 unspecified atom stereocenters. The molecule has 162 valence electrons. The van der Waals surface area contributed by atoms with E-state index >= 15 is 0 Å². The fraction of sp³-hybridized carbons (Fsp3) is 0.364. The Morgan fingerprint density at radius 1 is 1.23 bits per heavy atom. The van der Waals surface area contributed by atoms with Crippen LogP contribution < -0.4 is 20.7 Å². The molecule has 4 rings (SSSR count). The standard InChI is InChI=1S/C22H24N4O5/c1-3-8-26-19-16(20(27)24-22(26)29)11-15(12-23-19)21(28)25(4-2)13-14-6-5-7-17-18(14)31-10-9-30-17/h5-7,11-12H,3-4,8-10,13H2,1-2H3,(H,24,27,29). The van der Waals surface area contributed by atoms with Crippen molar-refractivity contribution >= 4 is 16.9 Å². The molecule has 0 bridgehead atoms. The first-order valence-electron chi connectivity index (χ1n) is 10.3. The van der Waals surface area contributed by atoms with Gasteiger partial charge in [0.15, 0.2) is 11.5 Å². The van der Waals surface area contributed by atoms with Crippen molar-refractivity contribution in [1.82, 2.24) is 19.4 Å². The number of ether oxygens (including phenoxy) is 2. The van der Waals surface area contributed by atoms with Crippen molar-refractivity contribution < 1.29 is 14.3 Å². The largest absolute Gasteiger partial charge is 0.486 e. The number of H-pyrrole nitrogens is 1. The summed E-state index contributed by atoms with van der Waals surface area (Å²) < 4.78 is 12.8. The molecule has 1 aliphatic rings. The van der Waals surface area contributed by atoms with Crippen LogP contribution in [0.1, 0.15) is 36.2 Å². The predicted octanol–water partition coefficient (Wildman–Crippen LogP) is 1.93. The molecule has 0 fully saturated rings. The first-order valence-corrected chi connectivity index (χ1v) is 10.3. The summed E-state index contributed by atoms with van der Waals surface area (Å²) in [6.07, 6.45) is 2.12. The quantitative estimate of drug-likeness (QED) is 0.648. The van der Waals surface area contributed by atoms with Crippen molar-refractivity contribution in [2.24, 2.45) is 0 Å². The van der Waals surface area contributed by atoms with Gasteiger partial charge in [0.05, 0.1) is 10.9 Å². The topological polar surface area (TPSA) is 107 Å². The van der Waals surface area contributed by atoms with Gasteiger partial charge in [0.2, 0.25) is 0 Å². The number of nitrogens with zero attached hydrogens (tertiary/aromatic N) is 3. The van der Waals surface area contributed by atoms with Crippen LogP contribution in [0.15, 0.2) is 40.1 Å². The van der Waals surface area contributed by atoms with Gasteiger partial charge in [0.25, 0.3) is 11.5 Å². The number of aromatic amines is 1. The minimum atomic E-state index is -0.555. The SMILES string of the molecule is CCCn1c(=O)[nH]c(=O)c2cc(C(=O)N(CC)Cc3cccc4c3OCCO4)cnc21. The lowest BCUT2D eigenvalue weighted by atomic mass is 10.1. The van der Waals surface area contributed by atoms with Gasteiger partial charge in [0.1, 0.15) is 18.9 Å². The first kappa shape index (κ1) is 20.6. The Morgan fingerprint density at radius 3 is 2.81 bits per heavy atom. The Labute approximate surface area is 178 Å². The molecule has 3 aromatic rings. The molecule has 0 atom stereocenters. The van der Waals surface area contributed by atoms with Gasteiger partial charge in [-0.1, -0.05) is 19.1 Å². The highest BCUT2D eigenvalue weighted by molar-refractivity contribution is 5.96. The number of hydrogen-bond donors (Lipinski definition) is 1. The molecule has 0 radical (unpaired) electrons. The number of pyridine rings is 1. The Bertz CT molecular complexity index is 1250. The Morgan fingerprint density at radius 2 is 2.03 bits per heavy atom. The number of aryl methyl sites for hydroxylation is 1. The van der Waals surface area contributed by atoms with E-state index in [0.717, 1.165) is 5.56 Å². The zero-order valence-electron chi connectivity index (χ0n) is 17.5. The highest BCUT2D eigenvalue weighted by atomic mass is 16.6. The van der Waals surface area contributed by atoms with Gasteiger partial charge in [0, 0.05) is 31.4 Å². The summed E-state index contributed by atoms with van der Waals surface area (Å²) in [6, 6.07) is 7.10. The molecule has 1 amide bonds. The minimum absolute atomic E-state index is 0.212. The highest BCUT2D eigenvalue weighted by Gasteiger charge is 2.21. The number of rotatable bonds is 6. The summed E-state index contributed by atoms with van der Waals surface area (Å²) in [5, 5.41) is 0.212. The van der Waals surface area contributed by atoms with Crippen molar-refractivity contribution in [3.8, 4) is 11.5 Å². The van der Waals surface area contributed by atoms with Crippen LogP contribution in [0.5, 0.6) is 11.5 Å². The van der Waals surface area contributed by atoms with Crippen LogP contribution in [0, 0.1) is 0 Å². The normalized spacial score (nSPS) is 12.7. The summed E-state index contributed by atoms with van der Waals surface area (Å²) in [5.41, 5.74) is 0.342. The van der Waals surface area contributed by atoms with Crippen LogP contribution in [0.25, 0.3) is 11.0 Å². The Hall–Kier alpha value is -3.62. The molecular formula is C22H24N4O5. The van der Waals surface area contributed by atoms with Crippen LogP contribution in [0.4, 0.5) is 0 Å². The fourth-order valence-electron chi connectivity index (χ4n) is 3.69.